The topological polar surface area (TPSA) is 0 Å². The molecular formula is C24H42N+. The Kier molecular flexibility index (Phi) is 7.55. The second-order valence-corrected chi connectivity index (χ2v) is 9.71. The molecule has 1 heteroatoms. The van der Waals surface area contributed by atoms with E-state index in [1.54, 1.807) is 0 Å². The van der Waals surface area contributed by atoms with Crippen LogP contribution < -0.4 is 0 Å². The summed E-state index contributed by atoms with van der Waals surface area (Å²) in [4.78, 5) is 0. The van der Waals surface area contributed by atoms with Gasteiger partial charge in [-0.3, -0.25) is 0 Å². The van der Waals surface area contributed by atoms with Crippen LogP contribution in [0.2, 0.25) is 0 Å². The van der Waals surface area contributed by atoms with E-state index in [-0.39, 0.29) is 0 Å². The molecule has 3 unspecified atom stereocenters. The predicted octanol–water partition coefficient (Wildman–Crippen LogP) is 6.68. The van der Waals surface area contributed by atoms with Gasteiger partial charge in [-0.25, -0.2) is 0 Å². The highest BCUT2D eigenvalue weighted by molar-refractivity contribution is 5.13. The molecule has 0 radical (unpaired) electrons. The molecule has 3 atom stereocenters. The zero-order chi connectivity index (χ0) is 18.3. The largest absolute Gasteiger partial charge is 0.319 e. The van der Waals surface area contributed by atoms with Crippen LogP contribution in [-0.4, -0.2) is 24.1 Å². The zero-order valence-electron chi connectivity index (χ0n) is 17.6. The standard InChI is InChI=1S/C24H42N/c1-6-8-12-22(7-2)19-25(20-23-13-10-9-11-14-23)16-15-24(4,5)17-21(3)18-25/h9-11,13-14,21-22H,6-8,12,15-20H2,1-5H3/q+1. The summed E-state index contributed by atoms with van der Waals surface area (Å²) in [6, 6.07) is 11.3. The Morgan fingerprint density at radius 1 is 1.16 bits per heavy atom. The highest BCUT2D eigenvalue weighted by Gasteiger charge is 2.39. The van der Waals surface area contributed by atoms with Gasteiger partial charge in [-0.1, -0.05) is 77.8 Å². The molecule has 0 spiro atoms. The van der Waals surface area contributed by atoms with Crippen LogP contribution in [0.3, 0.4) is 0 Å². The van der Waals surface area contributed by atoms with Gasteiger partial charge in [-0.15, -0.1) is 0 Å². The van der Waals surface area contributed by atoms with Crippen molar-refractivity contribution < 1.29 is 4.48 Å². The van der Waals surface area contributed by atoms with Gasteiger partial charge in [0.15, 0.2) is 0 Å². The average Bonchev–Trinajstić information content (AvgIpc) is 2.68. The molecule has 142 valence electrons. The molecular weight excluding hydrogens is 302 g/mol. The Bertz CT molecular complexity index is 492. The zero-order valence-corrected chi connectivity index (χ0v) is 17.6. The molecule has 1 fully saturated rings. The molecule has 0 N–H and O–H groups in total. The quantitative estimate of drug-likeness (QED) is 0.462. The average molecular weight is 345 g/mol. The first-order chi connectivity index (χ1) is 11.9. The lowest BCUT2D eigenvalue weighted by Gasteiger charge is -2.42. The lowest BCUT2D eigenvalue weighted by atomic mass is 9.82. The van der Waals surface area contributed by atoms with Crippen molar-refractivity contribution in [2.24, 2.45) is 17.3 Å². The van der Waals surface area contributed by atoms with Crippen molar-refractivity contribution in [2.45, 2.75) is 79.7 Å². The number of hydrogen-bond donors (Lipinski definition) is 0. The molecule has 25 heavy (non-hydrogen) atoms. The normalized spacial score (nSPS) is 27.6. The highest BCUT2D eigenvalue weighted by Crippen LogP contribution is 2.37. The first-order valence-electron chi connectivity index (χ1n) is 10.8. The van der Waals surface area contributed by atoms with Crippen molar-refractivity contribution in [3.8, 4) is 0 Å². The predicted molar refractivity (Wildman–Crippen MR) is 110 cm³/mol. The molecule has 0 bridgehead atoms. The Morgan fingerprint density at radius 3 is 2.52 bits per heavy atom. The maximum Gasteiger partial charge on any atom is 0.104 e. The Hall–Kier alpha value is -0.820. The van der Waals surface area contributed by atoms with Crippen molar-refractivity contribution >= 4 is 0 Å². The molecule has 1 aromatic rings. The molecule has 0 saturated carbocycles. The molecule has 1 nitrogen and oxygen atoms in total. The van der Waals surface area contributed by atoms with Crippen molar-refractivity contribution in [3.63, 3.8) is 0 Å². The number of hydrogen-bond acceptors (Lipinski definition) is 0. The van der Waals surface area contributed by atoms with E-state index in [9.17, 15) is 0 Å². The lowest BCUT2D eigenvalue weighted by molar-refractivity contribution is -0.946. The highest BCUT2D eigenvalue weighted by atomic mass is 15.4. The van der Waals surface area contributed by atoms with Crippen molar-refractivity contribution in [1.82, 2.24) is 0 Å². The van der Waals surface area contributed by atoms with Crippen LogP contribution in [0.4, 0.5) is 0 Å². The van der Waals surface area contributed by atoms with Crippen molar-refractivity contribution in [2.75, 3.05) is 19.6 Å². The van der Waals surface area contributed by atoms with Crippen LogP contribution in [0.5, 0.6) is 0 Å². The smallest absolute Gasteiger partial charge is 0.104 e. The second kappa shape index (κ2) is 9.21. The van der Waals surface area contributed by atoms with Gasteiger partial charge in [0.2, 0.25) is 0 Å². The van der Waals surface area contributed by atoms with Crippen LogP contribution in [0.1, 0.15) is 78.7 Å². The summed E-state index contributed by atoms with van der Waals surface area (Å²) >= 11 is 0. The number of unbranched alkanes of at least 4 members (excludes halogenated alkanes) is 1. The van der Waals surface area contributed by atoms with E-state index < -0.39 is 0 Å². The monoisotopic (exact) mass is 344 g/mol. The number of nitrogens with zero attached hydrogens (tertiary/aromatic N) is 1. The lowest BCUT2D eigenvalue weighted by Crippen LogP contribution is -2.52. The fraction of sp³-hybridized carbons (Fsp3) is 0.750. The third-order valence-corrected chi connectivity index (χ3v) is 6.41. The minimum Gasteiger partial charge on any atom is -0.319 e. The SMILES string of the molecule is CCCCC(CC)C[N+]1(Cc2ccccc2)CCC(C)(C)CC(C)C1. The molecule has 1 aromatic carbocycles. The first kappa shape index (κ1) is 20.5. The van der Waals surface area contributed by atoms with Gasteiger partial charge in [0.1, 0.15) is 6.54 Å². The molecule has 1 aliphatic heterocycles. The first-order valence-corrected chi connectivity index (χ1v) is 10.8. The van der Waals surface area contributed by atoms with Gasteiger partial charge in [-0.05, 0) is 24.7 Å². The van der Waals surface area contributed by atoms with Crippen LogP contribution in [-0.2, 0) is 6.54 Å². The molecule has 2 rings (SSSR count). The Balaban J connectivity index is 2.23. The molecule has 1 aliphatic rings. The van der Waals surface area contributed by atoms with E-state index in [2.05, 4.69) is 65.0 Å². The van der Waals surface area contributed by atoms with Gasteiger partial charge in [0.25, 0.3) is 0 Å². The van der Waals surface area contributed by atoms with E-state index in [1.807, 2.05) is 0 Å². The maximum atomic E-state index is 2.50. The van der Waals surface area contributed by atoms with Crippen LogP contribution >= 0.6 is 0 Å². The molecule has 0 amide bonds. The van der Waals surface area contributed by atoms with Crippen molar-refractivity contribution in [1.29, 1.82) is 0 Å². The maximum absolute atomic E-state index is 2.50. The second-order valence-electron chi connectivity index (χ2n) is 9.71. The van der Waals surface area contributed by atoms with E-state index in [0.717, 1.165) is 11.8 Å². The van der Waals surface area contributed by atoms with Gasteiger partial charge in [-0.2, -0.15) is 0 Å². The number of benzene rings is 1. The molecule has 1 heterocycles. The fourth-order valence-electron chi connectivity index (χ4n) is 5.21. The molecule has 0 aliphatic carbocycles. The summed E-state index contributed by atoms with van der Waals surface area (Å²) in [6.07, 6.45) is 8.23. The van der Waals surface area contributed by atoms with E-state index >= 15 is 0 Å². The number of likely N-dealkylation sites (tertiary alicyclic amines) is 1. The minimum atomic E-state index is 0.501. The third kappa shape index (κ3) is 6.44. The van der Waals surface area contributed by atoms with Gasteiger partial charge in [0.05, 0.1) is 19.6 Å². The Morgan fingerprint density at radius 2 is 1.88 bits per heavy atom. The van der Waals surface area contributed by atoms with Crippen LogP contribution in [0.15, 0.2) is 30.3 Å². The minimum absolute atomic E-state index is 0.501. The summed E-state index contributed by atoms with van der Waals surface area (Å²) in [5, 5.41) is 0. The van der Waals surface area contributed by atoms with E-state index in [4.69, 9.17) is 0 Å². The van der Waals surface area contributed by atoms with Crippen molar-refractivity contribution in [3.05, 3.63) is 35.9 Å². The van der Waals surface area contributed by atoms with E-state index in [1.165, 1.54) is 74.8 Å². The fourth-order valence-corrected chi connectivity index (χ4v) is 5.21. The third-order valence-electron chi connectivity index (χ3n) is 6.41. The summed E-state index contributed by atoms with van der Waals surface area (Å²) in [7, 11) is 0. The van der Waals surface area contributed by atoms with Gasteiger partial charge < -0.3 is 4.48 Å². The summed E-state index contributed by atoms with van der Waals surface area (Å²) in [5.74, 6) is 1.71. The van der Waals surface area contributed by atoms with E-state index in [0.29, 0.717) is 5.41 Å². The Labute approximate surface area is 157 Å². The van der Waals surface area contributed by atoms with Gasteiger partial charge >= 0.3 is 0 Å². The molecule has 0 aromatic heterocycles. The summed E-state index contributed by atoms with van der Waals surface area (Å²) in [6.45, 7) is 17.5. The summed E-state index contributed by atoms with van der Waals surface area (Å²) < 4.78 is 1.32. The number of quaternary nitrogens is 1. The molecule has 1 saturated heterocycles. The summed E-state index contributed by atoms with van der Waals surface area (Å²) in [5.41, 5.74) is 2.03. The van der Waals surface area contributed by atoms with Crippen LogP contribution in [0, 0.1) is 17.3 Å². The van der Waals surface area contributed by atoms with Gasteiger partial charge in [0, 0.05) is 23.8 Å². The number of rotatable bonds is 8. The van der Waals surface area contributed by atoms with Crippen LogP contribution in [0.25, 0.3) is 0 Å².